The summed E-state index contributed by atoms with van der Waals surface area (Å²) >= 11 is 0. The molecule has 1 amide bonds. The maximum absolute atomic E-state index is 12.8. The lowest BCUT2D eigenvalue weighted by molar-refractivity contribution is -0.142. The maximum atomic E-state index is 12.8. The van der Waals surface area contributed by atoms with Crippen molar-refractivity contribution in [1.82, 2.24) is 4.90 Å². The van der Waals surface area contributed by atoms with Crippen LogP contribution in [0.1, 0.15) is 28.7 Å². The van der Waals surface area contributed by atoms with E-state index in [1.54, 1.807) is 4.90 Å². The highest BCUT2D eigenvalue weighted by Crippen LogP contribution is 2.22. The predicted octanol–water partition coefficient (Wildman–Crippen LogP) is 3.58. The average Bonchev–Trinajstić information content (AvgIpc) is 2.65. The van der Waals surface area contributed by atoms with Crippen LogP contribution in [-0.4, -0.2) is 37.0 Å². The summed E-state index contributed by atoms with van der Waals surface area (Å²) in [5.41, 5.74) is 4.14. The first-order valence-corrected chi connectivity index (χ1v) is 9.00. The van der Waals surface area contributed by atoms with Crippen LogP contribution in [0.3, 0.4) is 0 Å². The fourth-order valence-corrected chi connectivity index (χ4v) is 2.79. The van der Waals surface area contributed by atoms with Crippen LogP contribution in [-0.2, 0) is 20.9 Å². The third kappa shape index (κ3) is 6.13. The number of hydrogen-bond donors (Lipinski definition) is 0. The van der Waals surface area contributed by atoms with E-state index < -0.39 is 0 Å². The van der Waals surface area contributed by atoms with Gasteiger partial charge in [-0.1, -0.05) is 48.0 Å². The molecule has 5 nitrogen and oxygen atoms in total. The lowest BCUT2D eigenvalue weighted by atomic mass is 10.1. The van der Waals surface area contributed by atoms with Crippen LogP contribution < -0.4 is 4.74 Å². The van der Waals surface area contributed by atoms with E-state index in [1.807, 2.05) is 63.2 Å². The monoisotopic (exact) mass is 369 g/mol. The molecule has 0 fully saturated rings. The highest BCUT2D eigenvalue weighted by molar-refractivity contribution is 5.78. The van der Waals surface area contributed by atoms with Gasteiger partial charge in [-0.2, -0.15) is 0 Å². The van der Waals surface area contributed by atoms with Crippen molar-refractivity contribution in [2.24, 2.45) is 0 Å². The molecule has 0 atom stereocenters. The van der Waals surface area contributed by atoms with Crippen LogP contribution in [0.2, 0.25) is 0 Å². The van der Waals surface area contributed by atoms with Gasteiger partial charge in [0.1, 0.15) is 5.75 Å². The van der Waals surface area contributed by atoms with Crippen LogP contribution in [0.4, 0.5) is 0 Å². The molecule has 0 N–H and O–H groups in total. The normalized spacial score (nSPS) is 10.4. The van der Waals surface area contributed by atoms with E-state index in [1.165, 1.54) is 7.11 Å². The van der Waals surface area contributed by atoms with E-state index in [2.05, 4.69) is 0 Å². The van der Waals surface area contributed by atoms with Gasteiger partial charge in [-0.15, -0.1) is 0 Å². The number of esters is 1. The second-order valence-corrected chi connectivity index (χ2v) is 6.64. The molecule has 0 saturated carbocycles. The SMILES string of the molecule is COC(=O)CCN(Cc1ccc(C)cc1)C(=O)COc1c(C)cccc1C. The first-order chi connectivity index (χ1) is 12.9. The Morgan fingerprint density at radius 3 is 2.19 bits per heavy atom. The summed E-state index contributed by atoms with van der Waals surface area (Å²) in [6, 6.07) is 13.8. The van der Waals surface area contributed by atoms with Crippen LogP contribution in [0.25, 0.3) is 0 Å². The summed E-state index contributed by atoms with van der Waals surface area (Å²) in [4.78, 5) is 25.9. The molecule has 0 heterocycles. The Bertz CT molecular complexity index is 763. The minimum absolute atomic E-state index is 0.0707. The van der Waals surface area contributed by atoms with Gasteiger partial charge in [0.05, 0.1) is 13.5 Å². The number of methoxy groups -OCH3 is 1. The summed E-state index contributed by atoms with van der Waals surface area (Å²) in [7, 11) is 1.35. The number of hydrogen-bond acceptors (Lipinski definition) is 4. The number of para-hydroxylation sites is 1. The zero-order valence-corrected chi connectivity index (χ0v) is 16.5. The van der Waals surface area contributed by atoms with Crippen LogP contribution in [0, 0.1) is 20.8 Å². The third-order valence-electron chi connectivity index (χ3n) is 4.41. The second kappa shape index (κ2) is 9.76. The molecule has 0 aliphatic rings. The van der Waals surface area contributed by atoms with Gasteiger partial charge < -0.3 is 14.4 Å². The fourth-order valence-electron chi connectivity index (χ4n) is 2.79. The predicted molar refractivity (Wildman–Crippen MR) is 105 cm³/mol. The highest BCUT2D eigenvalue weighted by Gasteiger charge is 2.17. The fraction of sp³-hybridized carbons (Fsp3) is 0.364. The third-order valence-corrected chi connectivity index (χ3v) is 4.41. The molecule has 0 aliphatic carbocycles. The Morgan fingerprint density at radius 1 is 0.963 bits per heavy atom. The Kier molecular flexibility index (Phi) is 7.41. The maximum Gasteiger partial charge on any atom is 0.307 e. The van der Waals surface area contributed by atoms with E-state index in [9.17, 15) is 9.59 Å². The molecule has 2 aromatic carbocycles. The molecule has 0 spiro atoms. The van der Waals surface area contributed by atoms with Gasteiger partial charge in [0.15, 0.2) is 6.61 Å². The van der Waals surface area contributed by atoms with Gasteiger partial charge in [-0.25, -0.2) is 0 Å². The minimum atomic E-state index is -0.340. The van der Waals surface area contributed by atoms with E-state index in [4.69, 9.17) is 9.47 Å². The van der Waals surface area contributed by atoms with Crippen molar-refractivity contribution < 1.29 is 19.1 Å². The van der Waals surface area contributed by atoms with E-state index >= 15 is 0 Å². The molecule has 0 aliphatic heterocycles. The number of ether oxygens (including phenoxy) is 2. The van der Waals surface area contributed by atoms with E-state index in [-0.39, 0.29) is 31.4 Å². The zero-order chi connectivity index (χ0) is 19.8. The largest absolute Gasteiger partial charge is 0.483 e. The smallest absolute Gasteiger partial charge is 0.307 e. The number of rotatable bonds is 8. The van der Waals surface area contributed by atoms with E-state index in [0.29, 0.717) is 6.54 Å². The van der Waals surface area contributed by atoms with Crippen molar-refractivity contribution in [3.8, 4) is 5.75 Å². The Labute approximate surface area is 160 Å². The number of amides is 1. The minimum Gasteiger partial charge on any atom is -0.483 e. The summed E-state index contributed by atoms with van der Waals surface area (Å²) in [6.45, 7) is 6.56. The number of benzene rings is 2. The van der Waals surface area contributed by atoms with Crippen LogP contribution >= 0.6 is 0 Å². The molecule has 2 aromatic rings. The first-order valence-electron chi connectivity index (χ1n) is 9.00. The first kappa shape index (κ1) is 20.5. The standard InChI is InChI=1S/C22H27NO4/c1-16-8-10-19(11-9-16)14-23(13-12-21(25)26-4)20(24)15-27-22-17(2)6-5-7-18(22)3/h5-11H,12-15H2,1-4H3. The lowest BCUT2D eigenvalue weighted by Crippen LogP contribution is -2.36. The van der Waals surface area contributed by atoms with Crippen LogP contribution in [0.15, 0.2) is 42.5 Å². The molecule has 0 saturated heterocycles. The molecule has 0 radical (unpaired) electrons. The van der Waals surface area contributed by atoms with Crippen molar-refractivity contribution in [3.05, 3.63) is 64.7 Å². The van der Waals surface area contributed by atoms with Gasteiger partial charge in [-0.3, -0.25) is 9.59 Å². The van der Waals surface area contributed by atoms with Crippen molar-refractivity contribution in [1.29, 1.82) is 0 Å². The molecular weight excluding hydrogens is 342 g/mol. The summed E-state index contributed by atoms with van der Waals surface area (Å²) < 4.78 is 10.5. The molecule has 5 heteroatoms. The van der Waals surface area contributed by atoms with Crippen molar-refractivity contribution in [2.45, 2.75) is 33.7 Å². The molecule has 0 bridgehead atoms. The molecule has 0 unspecified atom stereocenters. The second-order valence-electron chi connectivity index (χ2n) is 6.64. The van der Waals surface area contributed by atoms with Gasteiger partial charge in [0.25, 0.3) is 5.91 Å². The zero-order valence-electron chi connectivity index (χ0n) is 16.5. The lowest BCUT2D eigenvalue weighted by Gasteiger charge is -2.23. The van der Waals surface area contributed by atoms with Gasteiger partial charge in [0, 0.05) is 13.1 Å². The molecular formula is C22H27NO4. The quantitative estimate of drug-likeness (QED) is 0.668. The average molecular weight is 369 g/mol. The van der Waals surface area contributed by atoms with Crippen molar-refractivity contribution >= 4 is 11.9 Å². The molecule has 2 rings (SSSR count). The number of aryl methyl sites for hydroxylation is 3. The van der Waals surface area contributed by atoms with Crippen LogP contribution in [0.5, 0.6) is 5.75 Å². The van der Waals surface area contributed by atoms with Gasteiger partial charge in [-0.05, 0) is 37.5 Å². The molecule has 27 heavy (non-hydrogen) atoms. The summed E-state index contributed by atoms with van der Waals surface area (Å²) in [5, 5.41) is 0. The van der Waals surface area contributed by atoms with Gasteiger partial charge in [0.2, 0.25) is 0 Å². The Hall–Kier alpha value is -2.82. The number of carbonyl (C=O) groups excluding carboxylic acids is 2. The Balaban J connectivity index is 2.07. The molecule has 0 aromatic heterocycles. The van der Waals surface area contributed by atoms with E-state index in [0.717, 1.165) is 28.0 Å². The van der Waals surface area contributed by atoms with Gasteiger partial charge >= 0.3 is 5.97 Å². The summed E-state index contributed by atoms with van der Waals surface area (Å²) in [6.07, 6.45) is 0.150. The topological polar surface area (TPSA) is 55.8 Å². The number of carbonyl (C=O) groups is 2. The Morgan fingerprint density at radius 2 is 1.59 bits per heavy atom. The van der Waals surface area contributed by atoms with Crippen molar-refractivity contribution in [3.63, 3.8) is 0 Å². The number of nitrogens with zero attached hydrogens (tertiary/aromatic N) is 1. The highest BCUT2D eigenvalue weighted by atomic mass is 16.5. The van der Waals surface area contributed by atoms with Crippen molar-refractivity contribution in [2.75, 3.05) is 20.3 Å². The summed E-state index contributed by atoms with van der Waals surface area (Å²) in [5.74, 6) is 0.226. The molecule has 144 valence electrons.